The van der Waals surface area contributed by atoms with Gasteiger partial charge in [0, 0.05) is 43.3 Å². The molecule has 0 spiro atoms. The molecule has 1 aliphatic heterocycles. The number of nitrogens with one attached hydrogen (secondary N) is 2. The van der Waals surface area contributed by atoms with E-state index in [0.717, 1.165) is 37.0 Å². The molecule has 1 saturated carbocycles. The van der Waals surface area contributed by atoms with E-state index >= 15 is 0 Å². The van der Waals surface area contributed by atoms with Crippen LogP contribution in [0.2, 0.25) is 0 Å². The summed E-state index contributed by atoms with van der Waals surface area (Å²) in [6.45, 7) is 7.51. The molecule has 0 atom stereocenters. The summed E-state index contributed by atoms with van der Waals surface area (Å²) in [6.07, 6.45) is 12.6. The van der Waals surface area contributed by atoms with E-state index in [1.165, 1.54) is 43.7 Å². The molecular formula is C27H40N4O3. The Kier molecular flexibility index (Phi) is 11.3. The number of aromatic nitrogens is 1. The van der Waals surface area contributed by atoms with Crippen LogP contribution in [-0.2, 0) is 16.0 Å². The van der Waals surface area contributed by atoms with Gasteiger partial charge in [0.05, 0.1) is 0 Å². The molecule has 2 aliphatic rings. The van der Waals surface area contributed by atoms with Crippen LogP contribution in [0.4, 0.5) is 5.82 Å². The van der Waals surface area contributed by atoms with Crippen LogP contribution in [0.15, 0.2) is 43.1 Å². The van der Waals surface area contributed by atoms with Crippen molar-refractivity contribution in [3.8, 4) is 5.75 Å². The SMILES string of the molecule is C1CCOCC1.C=CC(=O)NC.CC1CC(Cc2c[nH]c(N)c2/C=C(\N)c2ccccc2O)C1. The number of nitrogens with two attached hydrogens (primary N) is 2. The lowest BCUT2D eigenvalue weighted by Crippen LogP contribution is -2.22. The van der Waals surface area contributed by atoms with Crippen LogP contribution in [0, 0.1) is 11.8 Å². The lowest BCUT2D eigenvalue weighted by atomic mass is 9.73. The first-order valence-corrected chi connectivity index (χ1v) is 12.0. The topological polar surface area (TPSA) is 126 Å². The predicted octanol–water partition coefficient (Wildman–Crippen LogP) is 4.45. The Labute approximate surface area is 203 Å². The molecule has 7 N–H and O–H groups in total. The number of para-hydroxylation sites is 1. The number of hydrogen-bond acceptors (Lipinski definition) is 5. The molecule has 1 aromatic carbocycles. The van der Waals surface area contributed by atoms with E-state index in [2.05, 4.69) is 23.8 Å². The number of phenols is 1. The summed E-state index contributed by atoms with van der Waals surface area (Å²) in [4.78, 5) is 13.0. The van der Waals surface area contributed by atoms with Crippen LogP contribution in [0.5, 0.6) is 5.75 Å². The molecule has 0 radical (unpaired) electrons. The minimum Gasteiger partial charge on any atom is -0.507 e. The Bertz CT molecular complexity index is 930. The van der Waals surface area contributed by atoms with Crippen molar-refractivity contribution in [3.05, 3.63) is 59.8 Å². The monoisotopic (exact) mass is 468 g/mol. The van der Waals surface area contributed by atoms with Gasteiger partial charge in [0.25, 0.3) is 0 Å². The lowest BCUT2D eigenvalue weighted by molar-refractivity contribution is -0.116. The summed E-state index contributed by atoms with van der Waals surface area (Å²) in [5, 5.41) is 12.3. The van der Waals surface area contributed by atoms with Crippen LogP contribution in [0.25, 0.3) is 11.8 Å². The minimum atomic E-state index is -0.144. The van der Waals surface area contributed by atoms with Crippen molar-refractivity contribution in [2.24, 2.45) is 17.6 Å². The van der Waals surface area contributed by atoms with E-state index < -0.39 is 0 Å². The van der Waals surface area contributed by atoms with E-state index in [-0.39, 0.29) is 11.7 Å². The number of rotatable bonds is 5. The Balaban J connectivity index is 0.000000279. The Morgan fingerprint density at radius 3 is 2.41 bits per heavy atom. The number of anilines is 1. The van der Waals surface area contributed by atoms with Gasteiger partial charge in [0.2, 0.25) is 5.91 Å². The zero-order valence-corrected chi connectivity index (χ0v) is 20.5. The first kappa shape index (κ1) is 27.1. The van der Waals surface area contributed by atoms with Crippen molar-refractivity contribution in [2.75, 3.05) is 26.0 Å². The van der Waals surface area contributed by atoms with Crippen molar-refractivity contribution in [3.63, 3.8) is 0 Å². The van der Waals surface area contributed by atoms with Crippen LogP contribution in [0.1, 0.15) is 55.7 Å². The first-order valence-electron chi connectivity index (χ1n) is 12.0. The normalized spacial score (nSPS) is 19.4. The maximum Gasteiger partial charge on any atom is 0.243 e. The summed E-state index contributed by atoms with van der Waals surface area (Å²) in [5.74, 6) is 2.24. The van der Waals surface area contributed by atoms with Gasteiger partial charge in [-0.05, 0) is 80.2 Å². The molecule has 0 bridgehead atoms. The van der Waals surface area contributed by atoms with Gasteiger partial charge >= 0.3 is 0 Å². The molecule has 1 saturated heterocycles. The lowest BCUT2D eigenvalue weighted by Gasteiger charge is -2.32. The molecule has 1 aromatic heterocycles. The van der Waals surface area contributed by atoms with Crippen molar-refractivity contribution in [1.29, 1.82) is 0 Å². The molecule has 186 valence electrons. The van der Waals surface area contributed by atoms with Crippen molar-refractivity contribution in [2.45, 2.75) is 45.4 Å². The van der Waals surface area contributed by atoms with Gasteiger partial charge in [0.1, 0.15) is 11.6 Å². The number of amides is 1. The second kappa shape index (κ2) is 14.2. The first-order chi connectivity index (χ1) is 16.3. The number of phenolic OH excluding ortho intramolecular Hbond substituents is 1. The number of benzene rings is 1. The van der Waals surface area contributed by atoms with Crippen LogP contribution in [0.3, 0.4) is 0 Å². The third-order valence-electron chi connectivity index (χ3n) is 6.04. The molecule has 34 heavy (non-hydrogen) atoms. The molecule has 2 aromatic rings. The van der Waals surface area contributed by atoms with Gasteiger partial charge in [-0.3, -0.25) is 4.79 Å². The fourth-order valence-electron chi connectivity index (χ4n) is 4.12. The maximum absolute atomic E-state index is 9.95. The number of aromatic hydroxyl groups is 1. The molecule has 2 fully saturated rings. The number of carbonyl (C=O) groups excluding carboxylic acids is 1. The van der Waals surface area contributed by atoms with E-state index in [4.69, 9.17) is 16.2 Å². The second-order valence-electron chi connectivity index (χ2n) is 8.90. The number of H-pyrrole nitrogens is 1. The molecule has 1 amide bonds. The van der Waals surface area contributed by atoms with Crippen molar-refractivity contribution < 1.29 is 14.6 Å². The largest absolute Gasteiger partial charge is 0.507 e. The van der Waals surface area contributed by atoms with Gasteiger partial charge in [-0.25, -0.2) is 0 Å². The minimum absolute atomic E-state index is 0.144. The number of ether oxygens (including phenoxy) is 1. The average Bonchev–Trinajstić information content (AvgIpc) is 3.18. The van der Waals surface area contributed by atoms with E-state index in [0.29, 0.717) is 17.1 Å². The smallest absolute Gasteiger partial charge is 0.243 e. The van der Waals surface area contributed by atoms with Gasteiger partial charge < -0.3 is 31.6 Å². The van der Waals surface area contributed by atoms with Crippen molar-refractivity contribution >= 4 is 23.5 Å². The standard InChI is InChI=1S/C18H23N3O.C5H10O.C4H7NO/c1-11-6-12(7-11)8-13-10-21-18(20)15(13)9-16(19)14-4-2-3-5-17(14)22;1-2-4-6-5-3-1;1-3-4(6)5-2/h2-5,9-12,21-22H,6-8,19-20H2,1H3;1-5H2;3H,1H2,2H3,(H,5,6)/b16-9-;;. The second-order valence-corrected chi connectivity index (χ2v) is 8.90. The van der Waals surface area contributed by atoms with E-state index in [1.54, 1.807) is 25.2 Å². The Morgan fingerprint density at radius 2 is 1.94 bits per heavy atom. The molecule has 0 unspecified atom stereocenters. The summed E-state index contributed by atoms with van der Waals surface area (Å²) < 4.78 is 5.07. The summed E-state index contributed by atoms with van der Waals surface area (Å²) in [7, 11) is 1.56. The summed E-state index contributed by atoms with van der Waals surface area (Å²) in [6, 6.07) is 7.07. The maximum atomic E-state index is 9.95. The highest BCUT2D eigenvalue weighted by Crippen LogP contribution is 2.37. The predicted molar refractivity (Wildman–Crippen MR) is 140 cm³/mol. The van der Waals surface area contributed by atoms with Gasteiger partial charge in [-0.1, -0.05) is 25.6 Å². The van der Waals surface area contributed by atoms with Crippen LogP contribution in [-0.4, -0.2) is 36.3 Å². The fraction of sp³-hybridized carbons (Fsp3) is 0.444. The third-order valence-corrected chi connectivity index (χ3v) is 6.04. The van der Waals surface area contributed by atoms with E-state index in [9.17, 15) is 9.90 Å². The average molecular weight is 469 g/mol. The van der Waals surface area contributed by atoms with Crippen molar-refractivity contribution in [1.82, 2.24) is 10.3 Å². The molecule has 4 rings (SSSR count). The van der Waals surface area contributed by atoms with Crippen LogP contribution < -0.4 is 16.8 Å². The number of aromatic amines is 1. The van der Waals surface area contributed by atoms with Crippen LogP contribution >= 0.6 is 0 Å². The molecule has 7 nitrogen and oxygen atoms in total. The van der Waals surface area contributed by atoms with E-state index in [1.807, 2.05) is 18.3 Å². The number of hydrogen-bond donors (Lipinski definition) is 5. The number of likely N-dealkylation sites (N-methyl/N-ethyl adjacent to an activating group) is 1. The highest BCUT2D eigenvalue weighted by atomic mass is 16.5. The molecular weight excluding hydrogens is 428 g/mol. The zero-order valence-electron chi connectivity index (χ0n) is 20.5. The molecule has 7 heteroatoms. The summed E-state index contributed by atoms with van der Waals surface area (Å²) in [5.41, 5.74) is 15.5. The zero-order chi connectivity index (χ0) is 24.9. The third kappa shape index (κ3) is 8.63. The highest BCUT2D eigenvalue weighted by Gasteiger charge is 2.26. The van der Waals surface area contributed by atoms with Gasteiger partial charge in [-0.15, -0.1) is 0 Å². The quantitative estimate of drug-likeness (QED) is 0.414. The molecule has 2 heterocycles. The number of nitrogen functional groups attached to an aromatic ring is 1. The molecule has 1 aliphatic carbocycles. The fourth-order valence-corrected chi connectivity index (χ4v) is 4.12. The number of carbonyl (C=O) groups is 1. The summed E-state index contributed by atoms with van der Waals surface area (Å²) >= 11 is 0. The Morgan fingerprint density at radius 1 is 1.26 bits per heavy atom. The van der Waals surface area contributed by atoms with Gasteiger partial charge in [-0.2, -0.15) is 0 Å². The van der Waals surface area contributed by atoms with Gasteiger partial charge in [0.15, 0.2) is 0 Å². The Hall–Kier alpha value is -3.19. The highest BCUT2D eigenvalue weighted by molar-refractivity contribution is 5.86.